The summed E-state index contributed by atoms with van der Waals surface area (Å²) < 4.78 is 31.9. The van der Waals surface area contributed by atoms with Gasteiger partial charge >= 0.3 is 0 Å². The van der Waals surface area contributed by atoms with Crippen molar-refractivity contribution in [2.24, 2.45) is 0 Å². The fourth-order valence-electron chi connectivity index (χ4n) is 0.817. The lowest BCUT2D eigenvalue weighted by molar-refractivity contribution is 0.204. The van der Waals surface area contributed by atoms with Gasteiger partial charge in [-0.25, -0.2) is 9.97 Å². The fraction of sp³-hybridized carbons (Fsp3) is 0.429. The van der Waals surface area contributed by atoms with Crippen molar-refractivity contribution in [3.8, 4) is 0 Å². The van der Waals surface area contributed by atoms with Crippen LogP contribution >= 0.6 is 11.6 Å². The number of methoxy groups -OCH3 is 1. The Bertz CT molecular complexity index is 422. The number of hydrogen-bond acceptors (Lipinski definition) is 5. The van der Waals surface area contributed by atoms with E-state index in [1.54, 1.807) is 0 Å². The summed E-state index contributed by atoms with van der Waals surface area (Å²) in [6, 6.07) is 0. The SMILES string of the molecule is COCCNS(=O)(=O)Nc1cnc(Cl)cn1. The number of anilines is 1. The minimum atomic E-state index is -3.65. The highest BCUT2D eigenvalue weighted by atomic mass is 35.5. The second-order valence-electron chi connectivity index (χ2n) is 2.72. The maximum Gasteiger partial charge on any atom is 0.300 e. The first-order valence-electron chi connectivity index (χ1n) is 4.27. The zero-order valence-corrected chi connectivity index (χ0v) is 10.0. The van der Waals surface area contributed by atoms with Crippen LogP contribution in [0.15, 0.2) is 12.4 Å². The van der Waals surface area contributed by atoms with E-state index in [4.69, 9.17) is 16.3 Å². The Balaban J connectivity index is 2.55. The Morgan fingerprint density at radius 3 is 2.75 bits per heavy atom. The lowest BCUT2D eigenvalue weighted by atomic mass is 10.7. The summed E-state index contributed by atoms with van der Waals surface area (Å²) in [7, 11) is -2.17. The van der Waals surface area contributed by atoms with E-state index in [0.717, 1.165) is 0 Å². The van der Waals surface area contributed by atoms with Gasteiger partial charge in [0.05, 0.1) is 19.0 Å². The van der Waals surface area contributed by atoms with Gasteiger partial charge in [-0.1, -0.05) is 11.6 Å². The molecule has 1 heterocycles. The van der Waals surface area contributed by atoms with Gasteiger partial charge in [0, 0.05) is 13.7 Å². The Kier molecular flexibility index (Phi) is 4.87. The molecule has 0 saturated heterocycles. The molecule has 16 heavy (non-hydrogen) atoms. The normalized spacial score (nSPS) is 11.4. The monoisotopic (exact) mass is 266 g/mol. The number of ether oxygens (including phenoxy) is 1. The molecular weight excluding hydrogens is 256 g/mol. The largest absolute Gasteiger partial charge is 0.383 e. The van der Waals surface area contributed by atoms with Gasteiger partial charge in [-0.05, 0) is 0 Å². The summed E-state index contributed by atoms with van der Waals surface area (Å²) in [5, 5.41) is 0.190. The van der Waals surface area contributed by atoms with Crippen LogP contribution in [0.5, 0.6) is 0 Å². The van der Waals surface area contributed by atoms with Crippen LogP contribution in [-0.4, -0.2) is 38.6 Å². The Morgan fingerprint density at radius 2 is 2.19 bits per heavy atom. The summed E-state index contributed by atoms with van der Waals surface area (Å²) in [4.78, 5) is 7.42. The van der Waals surface area contributed by atoms with Crippen LogP contribution in [0.2, 0.25) is 5.15 Å². The van der Waals surface area contributed by atoms with Crippen molar-refractivity contribution >= 4 is 27.6 Å². The lowest BCUT2D eigenvalue weighted by Crippen LogP contribution is -2.32. The smallest absolute Gasteiger partial charge is 0.300 e. The van der Waals surface area contributed by atoms with Crippen molar-refractivity contribution in [2.75, 3.05) is 25.0 Å². The summed E-state index contributed by atoms with van der Waals surface area (Å²) in [6.07, 6.45) is 2.46. The third-order valence-corrected chi connectivity index (χ3v) is 2.71. The molecular formula is C7H11ClN4O3S. The van der Waals surface area contributed by atoms with Gasteiger partial charge in [0.15, 0.2) is 5.82 Å². The molecule has 0 radical (unpaired) electrons. The number of hydrogen-bond donors (Lipinski definition) is 2. The number of aromatic nitrogens is 2. The van der Waals surface area contributed by atoms with Crippen molar-refractivity contribution in [3.05, 3.63) is 17.5 Å². The van der Waals surface area contributed by atoms with Crippen molar-refractivity contribution in [1.82, 2.24) is 14.7 Å². The Hall–Kier alpha value is -0.960. The first-order chi connectivity index (χ1) is 7.53. The highest BCUT2D eigenvalue weighted by molar-refractivity contribution is 7.90. The predicted molar refractivity (Wildman–Crippen MR) is 59.5 cm³/mol. The van der Waals surface area contributed by atoms with Crippen molar-refractivity contribution in [2.45, 2.75) is 0 Å². The molecule has 0 aliphatic rings. The van der Waals surface area contributed by atoms with E-state index < -0.39 is 10.2 Å². The molecule has 90 valence electrons. The van der Waals surface area contributed by atoms with Gasteiger partial charge in [0.25, 0.3) is 10.2 Å². The molecule has 0 aliphatic heterocycles. The van der Waals surface area contributed by atoms with Gasteiger partial charge in [-0.3, -0.25) is 4.72 Å². The van der Waals surface area contributed by atoms with E-state index in [1.165, 1.54) is 19.5 Å². The standard InChI is InChI=1S/C7H11ClN4O3S/c1-15-3-2-11-16(13,14)12-7-5-9-6(8)4-10-7/h4-5,11H,2-3H2,1H3,(H,10,12). The molecule has 0 spiro atoms. The van der Waals surface area contributed by atoms with Crippen LogP contribution in [0.3, 0.4) is 0 Å². The molecule has 9 heteroatoms. The minimum Gasteiger partial charge on any atom is -0.383 e. The summed E-state index contributed by atoms with van der Waals surface area (Å²) >= 11 is 5.50. The van der Waals surface area contributed by atoms with E-state index in [9.17, 15) is 8.42 Å². The van der Waals surface area contributed by atoms with Gasteiger partial charge < -0.3 is 4.74 Å². The van der Waals surface area contributed by atoms with Crippen LogP contribution in [0.25, 0.3) is 0 Å². The Labute approximate surface area is 98.4 Å². The second-order valence-corrected chi connectivity index (χ2v) is 4.60. The molecule has 0 bridgehead atoms. The predicted octanol–water partition coefficient (Wildman–Crippen LogP) is 0.0227. The first kappa shape index (κ1) is 13.1. The fourth-order valence-corrected chi connectivity index (χ4v) is 1.72. The van der Waals surface area contributed by atoms with Crippen molar-refractivity contribution in [3.63, 3.8) is 0 Å². The van der Waals surface area contributed by atoms with Gasteiger partial charge in [-0.15, -0.1) is 0 Å². The summed E-state index contributed by atoms with van der Waals surface area (Å²) in [6.45, 7) is 0.458. The van der Waals surface area contributed by atoms with Gasteiger partial charge in [0.1, 0.15) is 5.15 Å². The third-order valence-electron chi connectivity index (χ3n) is 1.46. The van der Waals surface area contributed by atoms with E-state index in [1.807, 2.05) is 0 Å². The van der Waals surface area contributed by atoms with Crippen LogP contribution in [0, 0.1) is 0 Å². The first-order valence-corrected chi connectivity index (χ1v) is 6.13. The van der Waals surface area contributed by atoms with Crippen LogP contribution < -0.4 is 9.44 Å². The van der Waals surface area contributed by atoms with Crippen LogP contribution in [0.1, 0.15) is 0 Å². The number of nitrogens with one attached hydrogen (secondary N) is 2. The molecule has 0 saturated carbocycles. The molecule has 0 atom stereocenters. The van der Waals surface area contributed by atoms with Gasteiger partial charge in [0.2, 0.25) is 0 Å². The molecule has 1 aromatic rings. The molecule has 0 amide bonds. The number of nitrogens with zero attached hydrogens (tertiary/aromatic N) is 2. The minimum absolute atomic E-state index is 0.0920. The quantitative estimate of drug-likeness (QED) is 0.708. The topological polar surface area (TPSA) is 93.2 Å². The molecule has 1 aromatic heterocycles. The molecule has 0 fully saturated rings. The average Bonchev–Trinajstić information content (AvgIpc) is 2.21. The second kappa shape index (κ2) is 5.94. The molecule has 0 aromatic carbocycles. The molecule has 7 nitrogen and oxygen atoms in total. The van der Waals surface area contributed by atoms with E-state index >= 15 is 0 Å². The van der Waals surface area contributed by atoms with Crippen LogP contribution in [0.4, 0.5) is 5.82 Å². The van der Waals surface area contributed by atoms with Crippen LogP contribution in [-0.2, 0) is 14.9 Å². The zero-order valence-electron chi connectivity index (χ0n) is 8.47. The third kappa shape index (κ3) is 4.71. The Morgan fingerprint density at radius 1 is 1.44 bits per heavy atom. The van der Waals surface area contributed by atoms with E-state index in [0.29, 0.717) is 0 Å². The highest BCUT2D eigenvalue weighted by Gasteiger charge is 2.09. The molecule has 1 rings (SSSR count). The summed E-state index contributed by atoms with van der Waals surface area (Å²) in [5.74, 6) is 0.0920. The zero-order chi connectivity index (χ0) is 12.0. The van der Waals surface area contributed by atoms with Gasteiger partial charge in [-0.2, -0.15) is 13.1 Å². The maximum absolute atomic E-state index is 11.4. The average molecular weight is 267 g/mol. The molecule has 0 aliphatic carbocycles. The van der Waals surface area contributed by atoms with E-state index in [2.05, 4.69) is 19.4 Å². The highest BCUT2D eigenvalue weighted by Crippen LogP contribution is 2.05. The number of rotatable bonds is 6. The van der Waals surface area contributed by atoms with E-state index in [-0.39, 0.29) is 24.1 Å². The lowest BCUT2D eigenvalue weighted by Gasteiger charge is -2.07. The molecule has 0 unspecified atom stereocenters. The summed E-state index contributed by atoms with van der Waals surface area (Å²) in [5.41, 5.74) is 0. The molecule has 2 N–H and O–H groups in total. The number of halogens is 1. The van der Waals surface area contributed by atoms with Crippen molar-refractivity contribution < 1.29 is 13.2 Å². The maximum atomic E-state index is 11.4. The van der Waals surface area contributed by atoms with Crippen molar-refractivity contribution in [1.29, 1.82) is 0 Å².